The van der Waals surface area contributed by atoms with E-state index < -0.39 is 5.60 Å². The highest BCUT2D eigenvalue weighted by Crippen LogP contribution is 2.26. The van der Waals surface area contributed by atoms with Crippen molar-refractivity contribution in [3.05, 3.63) is 34.3 Å². The molecule has 1 aromatic carbocycles. The van der Waals surface area contributed by atoms with Crippen molar-refractivity contribution >= 4 is 15.9 Å². The summed E-state index contributed by atoms with van der Waals surface area (Å²) >= 11 is 3.37. The van der Waals surface area contributed by atoms with E-state index in [0.29, 0.717) is 6.42 Å². The Kier molecular flexibility index (Phi) is 4.38. The first-order valence-electron chi connectivity index (χ1n) is 4.94. The maximum atomic E-state index is 10.2. The monoisotopic (exact) mass is 266 g/mol. The molecule has 2 heteroatoms. The minimum Gasteiger partial charge on any atom is -0.385 e. The van der Waals surface area contributed by atoms with Gasteiger partial charge in [-0.2, -0.15) is 0 Å². The third-order valence-electron chi connectivity index (χ3n) is 2.38. The highest BCUT2D eigenvalue weighted by molar-refractivity contribution is 9.10. The molecule has 0 amide bonds. The van der Waals surface area contributed by atoms with Crippen molar-refractivity contribution in [3.8, 4) is 11.8 Å². The van der Waals surface area contributed by atoms with Crippen LogP contribution in [0.5, 0.6) is 0 Å². The summed E-state index contributed by atoms with van der Waals surface area (Å²) in [6, 6.07) is 7.75. The molecule has 0 saturated carbocycles. The molecule has 0 radical (unpaired) electrons. The van der Waals surface area contributed by atoms with Gasteiger partial charge in [0.15, 0.2) is 0 Å². The molecule has 1 unspecified atom stereocenters. The van der Waals surface area contributed by atoms with Crippen molar-refractivity contribution in [3.63, 3.8) is 0 Å². The van der Waals surface area contributed by atoms with Gasteiger partial charge in [0.25, 0.3) is 0 Å². The molecule has 1 atom stereocenters. The minimum absolute atomic E-state index is 0.662. The highest BCUT2D eigenvalue weighted by Gasteiger charge is 2.21. The van der Waals surface area contributed by atoms with E-state index in [9.17, 15) is 5.11 Å². The lowest BCUT2D eigenvalue weighted by Crippen LogP contribution is -2.20. The smallest absolute Gasteiger partial charge is 0.0877 e. The van der Waals surface area contributed by atoms with Crippen molar-refractivity contribution < 1.29 is 5.11 Å². The van der Waals surface area contributed by atoms with Gasteiger partial charge in [0, 0.05) is 10.9 Å². The molecule has 80 valence electrons. The normalized spacial score (nSPS) is 13.9. The maximum Gasteiger partial charge on any atom is 0.0877 e. The van der Waals surface area contributed by atoms with Crippen LogP contribution in [-0.2, 0) is 5.60 Å². The molecule has 1 aromatic rings. The van der Waals surface area contributed by atoms with Crippen LogP contribution in [0.1, 0.15) is 32.3 Å². The average molecular weight is 267 g/mol. The summed E-state index contributed by atoms with van der Waals surface area (Å²) in [6.45, 7) is 3.64. The van der Waals surface area contributed by atoms with E-state index >= 15 is 0 Å². The maximum absolute atomic E-state index is 10.2. The Bertz CT molecular complexity index is 368. The minimum atomic E-state index is -0.787. The molecule has 0 bridgehead atoms. The van der Waals surface area contributed by atoms with Gasteiger partial charge in [-0.25, -0.2) is 0 Å². The third kappa shape index (κ3) is 3.70. The van der Waals surface area contributed by atoms with E-state index in [2.05, 4.69) is 27.8 Å². The van der Waals surface area contributed by atoms with Crippen LogP contribution in [0.4, 0.5) is 0 Å². The van der Waals surface area contributed by atoms with Crippen molar-refractivity contribution in [1.29, 1.82) is 0 Å². The fourth-order valence-corrected chi connectivity index (χ4v) is 1.65. The fraction of sp³-hybridized carbons (Fsp3) is 0.385. The van der Waals surface area contributed by atoms with Crippen LogP contribution in [-0.4, -0.2) is 5.11 Å². The van der Waals surface area contributed by atoms with E-state index in [1.807, 2.05) is 38.1 Å². The quantitative estimate of drug-likeness (QED) is 0.831. The van der Waals surface area contributed by atoms with Crippen LogP contribution in [0, 0.1) is 11.8 Å². The lowest BCUT2D eigenvalue weighted by Gasteiger charge is -2.22. The second-order valence-electron chi connectivity index (χ2n) is 3.71. The largest absolute Gasteiger partial charge is 0.385 e. The van der Waals surface area contributed by atoms with Crippen LogP contribution in [0.25, 0.3) is 0 Å². The van der Waals surface area contributed by atoms with E-state index in [-0.39, 0.29) is 0 Å². The summed E-state index contributed by atoms with van der Waals surface area (Å²) in [5.74, 6) is 5.80. The van der Waals surface area contributed by atoms with Crippen LogP contribution in [0.3, 0.4) is 0 Å². The summed E-state index contributed by atoms with van der Waals surface area (Å²) in [5.41, 5.74) is 0.147. The van der Waals surface area contributed by atoms with Gasteiger partial charge in [-0.3, -0.25) is 0 Å². The van der Waals surface area contributed by atoms with Gasteiger partial charge >= 0.3 is 0 Å². The molecule has 0 saturated heterocycles. The number of benzene rings is 1. The number of hydrogen-bond acceptors (Lipinski definition) is 1. The number of halogens is 1. The molecule has 0 heterocycles. The Balaban J connectivity index is 2.74. The molecule has 0 aliphatic heterocycles. The van der Waals surface area contributed by atoms with Gasteiger partial charge in [0.2, 0.25) is 0 Å². The molecular formula is C13H15BrO. The van der Waals surface area contributed by atoms with Crippen LogP contribution in [0.2, 0.25) is 0 Å². The summed E-state index contributed by atoms with van der Waals surface area (Å²) in [7, 11) is 0. The molecular weight excluding hydrogens is 252 g/mol. The first-order valence-corrected chi connectivity index (χ1v) is 5.73. The number of hydrogen-bond donors (Lipinski definition) is 1. The molecule has 15 heavy (non-hydrogen) atoms. The summed E-state index contributed by atoms with van der Waals surface area (Å²) in [6.07, 6.45) is 1.38. The zero-order valence-corrected chi connectivity index (χ0v) is 10.6. The van der Waals surface area contributed by atoms with Gasteiger partial charge in [0.1, 0.15) is 0 Å². The lowest BCUT2D eigenvalue weighted by atomic mass is 9.91. The second kappa shape index (κ2) is 5.34. The highest BCUT2D eigenvalue weighted by atomic mass is 79.9. The molecule has 0 aliphatic rings. The van der Waals surface area contributed by atoms with Crippen LogP contribution < -0.4 is 0 Å². The first kappa shape index (κ1) is 12.3. The van der Waals surface area contributed by atoms with Gasteiger partial charge in [0.05, 0.1) is 5.60 Å². The van der Waals surface area contributed by atoms with E-state index in [4.69, 9.17) is 0 Å². The summed E-state index contributed by atoms with van der Waals surface area (Å²) in [4.78, 5) is 0. The first-order chi connectivity index (χ1) is 7.06. The second-order valence-corrected chi connectivity index (χ2v) is 4.62. The standard InChI is InChI=1S/C13H15BrO/c1-3-4-5-10-13(2,15)11-6-8-12(14)9-7-11/h6-9,15H,5,10H2,1-2H3. The predicted molar refractivity (Wildman–Crippen MR) is 66.4 cm³/mol. The SMILES string of the molecule is CC#CCCC(C)(O)c1ccc(Br)cc1. The van der Waals surface area contributed by atoms with Crippen molar-refractivity contribution in [1.82, 2.24) is 0 Å². The number of rotatable bonds is 3. The zero-order chi connectivity index (χ0) is 11.3. The van der Waals surface area contributed by atoms with Crippen LogP contribution >= 0.6 is 15.9 Å². The van der Waals surface area contributed by atoms with Crippen molar-refractivity contribution in [2.75, 3.05) is 0 Å². The van der Waals surface area contributed by atoms with E-state index in [1.54, 1.807) is 0 Å². The molecule has 0 aliphatic carbocycles. The predicted octanol–water partition coefficient (Wildman–Crippen LogP) is 3.46. The molecule has 0 spiro atoms. The lowest BCUT2D eigenvalue weighted by molar-refractivity contribution is 0.0493. The molecule has 1 N–H and O–H groups in total. The zero-order valence-electron chi connectivity index (χ0n) is 9.05. The third-order valence-corrected chi connectivity index (χ3v) is 2.91. The average Bonchev–Trinajstić information content (AvgIpc) is 2.18. The molecule has 1 nitrogen and oxygen atoms in total. The topological polar surface area (TPSA) is 20.2 Å². The molecule has 0 fully saturated rings. The van der Waals surface area contributed by atoms with Crippen molar-refractivity contribution in [2.24, 2.45) is 0 Å². The van der Waals surface area contributed by atoms with E-state index in [0.717, 1.165) is 16.5 Å². The van der Waals surface area contributed by atoms with Gasteiger partial charge in [-0.1, -0.05) is 28.1 Å². The van der Waals surface area contributed by atoms with Gasteiger partial charge < -0.3 is 5.11 Å². The Morgan fingerprint density at radius 2 is 1.93 bits per heavy atom. The van der Waals surface area contributed by atoms with E-state index in [1.165, 1.54) is 0 Å². The Morgan fingerprint density at radius 1 is 1.33 bits per heavy atom. The molecule has 1 rings (SSSR count). The van der Waals surface area contributed by atoms with Gasteiger partial charge in [-0.15, -0.1) is 11.8 Å². The Morgan fingerprint density at radius 3 is 2.47 bits per heavy atom. The van der Waals surface area contributed by atoms with Gasteiger partial charge in [-0.05, 0) is 38.0 Å². The Hall–Kier alpha value is -0.780. The van der Waals surface area contributed by atoms with Crippen LogP contribution in [0.15, 0.2) is 28.7 Å². The number of aliphatic hydroxyl groups is 1. The van der Waals surface area contributed by atoms with Crippen molar-refractivity contribution in [2.45, 2.75) is 32.3 Å². The summed E-state index contributed by atoms with van der Waals surface area (Å²) in [5, 5.41) is 10.2. The fourth-order valence-electron chi connectivity index (χ4n) is 1.38. The summed E-state index contributed by atoms with van der Waals surface area (Å²) < 4.78 is 1.02. The molecule has 0 aromatic heterocycles. The Labute approximate surface area is 99.6 Å².